The van der Waals surface area contributed by atoms with E-state index in [9.17, 15) is 19.5 Å². The summed E-state index contributed by atoms with van der Waals surface area (Å²) in [6.45, 7) is 4.28. The van der Waals surface area contributed by atoms with Crippen LogP contribution in [0.4, 0.5) is 4.79 Å². The number of nitrogens with one attached hydrogen (secondary N) is 2. The van der Waals surface area contributed by atoms with Crippen molar-refractivity contribution in [1.29, 1.82) is 0 Å². The largest absolute Gasteiger partial charge is 0.465 e. The van der Waals surface area contributed by atoms with Gasteiger partial charge in [-0.05, 0) is 69.6 Å². The van der Waals surface area contributed by atoms with E-state index in [0.717, 1.165) is 43.5 Å². The number of hydrogen-bond donors (Lipinski definition) is 3. The molecule has 3 fully saturated rings. The van der Waals surface area contributed by atoms with Gasteiger partial charge in [0.05, 0.1) is 19.1 Å². The molecule has 0 aromatic carbocycles. The Hall–Kier alpha value is -2.17. The molecule has 3 amide bonds. The van der Waals surface area contributed by atoms with Gasteiger partial charge in [0.1, 0.15) is 6.04 Å². The van der Waals surface area contributed by atoms with Crippen molar-refractivity contribution in [3.05, 3.63) is 22.4 Å². The van der Waals surface area contributed by atoms with Crippen LogP contribution in [0.2, 0.25) is 0 Å². The van der Waals surface area contributed by atoms with Crippen LogP contribution in [0.3, 0.4) is 0 Å². The molecule has 1 aromatic rings. The standard InChI is InChI=1S/C28H45N5O4S/c34-26(29-20-23-12-9-19-38-23)25-21-32(28(36)37)17-18-33(25)27(35)24(30-22-10-3-1-4-11-22)13-5-8-16-31-14-6-2-7-15-31/h9,12,19,22,24-25,30H,1-8,10-11,13-18,20-21H2,(H,29,34)(H,36,37)/t24-,25+/m1/s1. The van der Waals surface area contributed by atoms with E-state index in [1.165, 1.54) is 56.5 Å². The summed E-state index contributed by atoms with van der Waals surface area (Å²) in [5.41, 5.74) is 0. The van der Waals surface area contributed by atoms with Gasteiger partial charge in [0, 0.05) is 24.0 Å². The highest BCUT2D eigenvalue weighted by molar-refractivity contribution is 7.09. The van der Waals surface area contributed by atoms with E-state index in [1.54, 1.807) is 16.2 Å². The Morgan fingerprint density at radius 2 is 1.76 bits per heavy atom. The molecule has 0 unspecified atom stereocenters. The minimum atomic E-state index is -1.05. The summed E-state index contributed by atoms with van der Waals surface area (Å²) in [5.74, 6) is -0.353. The summed E-state index contributed by atoms with van der Waals surface area (Å²) < 4.78 is 0. The number of piperazine rings is 1. The second-order valence-electron chi connectivity index (χ2n) is 11.0. The van der Waals surface area contributed by atoms with Crippen molar-refractivity contribution in [3.8, 4) is 0 Å². The Bertz CT molecular complexity index is 886. The number of amides is 3. The van der Waals surface area contributed by atoms with E-state index < -0.39 is 12.1 Å². The van der Waals surface area contributed by atoms with Crippen molar-refractivity contribution < 1.29 is 19.5 Å². The third-order valence-electron chi connectivity index (χ3n) is 8.26. The maximum Gasteiger partial charge on any atom is 0.407 e. The predicted molar refractivity (Wildman–Crippen MR) is 149 cm³/mol. The predicted octanol–water partition coefficient (Wildman–Crippen LogP) is 3.50. The Labute approximate surface area is 230 Å². The van der Waals surface area contributed by atoms with Crippen molar-refractivity contribution in [2.45, 2.75) is 95.3 Å². The normalized spacial score (nSPS) is 22.3. The maximum absolute atomic E-state index is 14.0. The third-order valence-corrected chi connectivity index (χ3v) is 9.14. The highest BCUT2D eigenvalue weighted by Crippen LogP contribution is 2.21. The Morgan fingerprint density at radius 1 is 1.00 bits per heavy atom. The highest BCUT2D eigenvalue weighted by Gasteiger charge is 2.39. The SMILES string of the molecule is O=C(NCc1cccs1)[C@@H]1CN(C(=O)O)CCN1C(=O)[C@@H](CCCCN1CCCCC1)NC1CCCCC1. The van der Waals surface area contributed by atoms with Gasteiger partial charge < -0.3 is 30.4 Å². The average Bonchev–Trinajstić information content (AvgIpc) is 3.47. The molecule has 0 radical (unpaired) electrons. The molecule has 1 aromatic heterocycles. The first kappa shape index (κ1) is 28.8. The summed E-state index contributed by atoms with van der Waals surface area (Å²) in [7, 11) is 0. The lowest BCUT2D eigenvalue weighted by Gasteiger charge is -2.41. The molecular weight excluding hydrogens is 502 g/mol. The molecule has 2 atom stereocenters. The molecule has 212 valence electrons. The minimum Gasteiger partial charge on any atom is -0.465 e. The lowest BCUT2D eigenvalue weighted by molar-refractivity contribution is -0.145. The number of unbranched alkanes of at least 4 members (excludes halogenated alkanes) is 1. The van der Waals surface area contributed by atoms with Crippen LogP contribution in [0.1, 0.15) is 75.5 Å². The van der Waals surface area contributed by atoms with Gasteiger partial charge in [0.2, 0.25) is 11.8 Å². The molecule has 0 bridgehead atoms. The second-order valence-corrected chi connectivity index (χ2v) is 12.1. The van der Waals surface area contributed by atoms with Crippen LogP contribution in [0.15, 0.2) is 17.5 Å². The van der Waals surface area contributed by atoms with Crippen molar-refractivity contribution in [2.75, 3.05) is 39.3 Å². The zero-order chi connectivity index (χ0) is 26.7. The fraction of sp³-hybridized carbons (Fsp3) is 0.750. The van der Waals surface area contributed by atoms with Crippen molar-refractivity contribution in [1.82, 2.24) is 25.3 Å². The van der Waals surface area contributed by atoms with Crippen LogP contribution in [0.5, 0.6) is 0 Å². The summed E-state index contributed by atoms with van der Waals surface area (Å²) in [6, 6.07) is 3.04. The first-order valence-corrected chi connectivity index (χ1v) is 15.5. The van der Waals surface area contributed by atoms with Crippen molar-refractivity contribution >= 4 is 29.2 Å². The lowest BCUT2D eigenvalue weighted by Crippen LogP contribution is -2.64. The number of hydrogen-bond acceptors (Lipinski definition) is 6. The summed E-state index contributed by atoms with van der Waals surface area (Å²) in [6.07, 6.45) is 11.4. The number of nitrogens with zero attached hydrogens (tertiary/aromatic N) is 3. The van der Waals surface area contributed by atoms with Gasteiger partial charge in [0.25, 0.3) is 0 Å². The van der Waals surface area contributed by atoms with Gasteiger partial charge in [-0.2, -0.15) is 0 Å². The summed E-state index contributed by atoms with van der Waals surface area (Å²) in [4.78, 5) is 45.5. The van der Waals surface area contributed by atoms with Crippen LogP contribution in [0.25, 0.3) is 0 Å². The van der Waals surface area contributed by atoms with E-state index in [4.69, 9.17) is 0 Å². The first-order chi connectivity index (χ1) is 18.5. The van der Waals surface area contributed by atoms with Crippen molar-refractivity contribution in [2.24, 2.45) is 0 Å². The Kier molecular flexibility index (Phi) is 11.3. The molecule has 10 heteroatoms. The maximum atomic E-state index is 14.0. The fourth-order valence-electron chi connectivity index (χ4n) is 6.05. The van der Waals surface area contributed by atoms with E-state index in [0.29, 0.717) is 12.6 Å². The van der Waals surface area contributed by atoms with Crippen LogP contribution in [-0.2, 0) is 16.1 Å². The van der Waals surface area contributed by atoms with Crippen LogP contribution >= 0.6 is 11.3 Å². The molecule has 2 aliphatic heterocycles. The van der Waals surface area contributed by atoms with Gasteiger partial charge in [-0.25, -0.2) is 4.79 Å². The highest BCUT2D eigenvalue weighted by atomic mass is 32.1. The monoisotopic (exact) mass is 547 g/mol. The molecular formula is C28H45N5O4S. The number of rotatable bonds is 11. The number of likely N-dealkylation sites (tertiary alicyclic amines) is 1. The molecule has 3 aliphatic rings. The number of carbonyl (C=O) groups excluding carboxylic acids is 2. The third kappa shape index (κ3) is 8.41. The molecule has 2 saturated heterocycles. The smallest absolute Gasteiger partial charge is 0.407 e. The molecule has 1 saturated carbocycles. The van der Waals surface area contributed by atoms with E-state index in [-0.39, 0.29) is 37.5 Å². The summed E-state index contributed by atoms with van der Waals surface area (Å²) in [5, 5.41) is 18.2. The zero-order valence-corrected chi connectivity index (χ0v) is 23.4. The summed E-state index contributed by atoms with van der Waals surface area (Å²) >= 11 is 1.56. The fourth-order valence-corrected chi connectivity index (χ4v) is 6.69. The van der Waals surface area contributed by atoms with Crippen LogP contribution in [-0.4, -0.2) is 95.1 Å². The molecule has 9 nitrogen and oxygen atoms in total. The number of thiophene rings is 1. The quantitative estimate of drug-likeness (QED) is 0.366. The Morgan fingerprint density at radius 3 is 2.47 bits per heavy atom. The van der Waals surface area contributed by atoms with Crippen molar-refractivity contribution in [3.63, 3.8) is 0 Å². The molecule has 3 heterocycles. The molecule has 1 aliphatic carbocycles. The van der Waals surface area contributed by atoms with E-state index in [1.807, 2.05) is 17.5 Å². The van der Waals surface area contributed by atoms with Gasteiger partial charge in [-0.3, -0.25) is 9.59 Å². The number of piperidine rings is 1. The average molecular weight is 548 g/mol. The van der Waals surface area contributed by atoms with E-state index in [2.05, 4.69) is 15.5 Å². The van der Waals surface area contributed by atoms with E-state index >= 15 is 0 Å². The van der Waals surface area contributed by atoms with Gasteiger partial charge in [-0.1, -0.05) is 38.2 Å². The first-order valence-electron chi connectivity index (χ1n) is 14.6. The number of carboxylic acid groups (broad SMARTS) is 1. The molecule has 38 heavy (non-hydrogen) atoms. The zero-order valence-electron chi connectivity index (χ0n) is 22.6. The minimum absolute atomic E-state index is 0.00244. The van der Waals surface area contributed by atoms with Gasteiger partial charge >= 0.3 is 6.09 Å². The molecule has 3 N–H and O–H groups in total. The van der Waals surface area contributed by atoms with Gasteiger partial charge in [0.15, 0.2) is 0 Å². The number of carbonyl (C=O) groups is 3. The van der Waals surface area contributed by atoms with Crippen LogP contribution < -0.4 is 10.6 Å². The second kappa shape index (κ2) is 14.8. The lowest BCUT2D eigenvalue weighted by atomic mass is 9.94. The Balaban J connectivity index is 1.41. The molecule has 4 rings (SSSR count). The van der Waals surface area contributed by atoms with Crippen LogP contribution in [0, 0.1) is 0 Å². The molecule has 0 spiro atoms. The topological polar surface area (TPSA) is 105 Å². The van der Waals surface area contributed by atoms with Gasteiger partial charge in [-0.15, -0.1) is 11.3 Å².